The molecule has 4 heteroatoms. The Morgan fingerprint density at radius 3 is 2.06 bits per heavy atom. The van der Waals surface area contributed by atoms with Crippen molar-refractivity contribution in [3.8, 4) is 0 Å². The monoisotopic (exact) mass is 231 g/mol. The number of ether oxygens (including phenoxy) is 1. The van der Waals surface area contributed by atoms with Gasteiger partial charge in [0.2, 0.25) is 0 Å². The molecule has 96 valence electrons. The molecular weight excluding hydrogens is 206 g/mol. The zero-order valence-corrected chi connectivity index (χ0v) is 11.5. The number of carboxylic acid groups (broad SMARTS) is 1. The summed E-state index contributed by atoms with van der Waals surface area (Å²) in [6.45, 7) is 9.53. The van der Waals surface area contributed by atoms with Crippen molar-refractivity contribution in [1.82, 2.24) is 4.90 Å². The van der Waals surface area contributed by atoms with Crippen LogP contribution in [0.4, 0.5) is 0 Å². The van der Waals surface area contributed by atoms with E-state index in [1.54, 1.807) is 14.0 Å². The van der Waals surface area contributed by atoms with Gasteiger partial charge in [-0.3, -0.25) is 9.69 Å². The molecule has 16 heavy (non-hydrogen) atoms. The highest BCUT2D eigenvalue weighted by molar-refractivity contribution is 5.78. The summed E-state index contributed by atoms with van der Waals surface area (Å²) in [6, 6.07) is 0.175. The van der Waals surface area contributed by atoms with E-state index in [4.69, 9.17) is 4.74 Å². The average molecular weight is 231 g/mol. The smallest absolute Gasteiger partial charge is 0.323 e. The number of aliphatic carboxylic acids is 1. The van der Waals surface area contributed by atoms with Crippen LogP contribution in [0.5, 0.6) is 0 Å². The molecule has 0 aromatic carbocycles. The Bertz CT molecular complexity index is 251. The summed E-state index contributed by atoms with van der Waals surface area (Å²) in [5, 5.41) is 9.41. The maximum Gasteiger partial charge on any atom is 0.323 e. The molecule has 0 heterocycles. The Balaban J connectivity index is 5.06. The number of carbonyl (C=O) groups is 1. The van der Waals surface area contributed by atoms with Gasteiger partial charge in [-0.25, -0.2) is 0 Å². The SMILES string of the molecule is COC(C)(C)CC(C)(C(=O)O)N(C)C(C)C. The second-order valence-corrected chi connectivity index (χ2v) is 5.42. The van der Waals surface area contributed by atoms with Gasteiger partial charge in [-0.2, -0.15) is 0 Å². The predicted molar refractivity (Wildman–Crippen MR) is 64.6 cm³/mol. The lowest BCUT2D eigenvalue weighted by atomic mass is 9.85. The molecule has 0 aliphatic rings. The fourth-order valence-electron chi connectivity index (χ4n) is 1.82. The van der Waals surface area contributed by atoms with Crippen molar-refractivity contribution in [2.45, 2.75) is 58.2 Å². The van der Waals surface area contributed by atoms with E-state index in [1.807, 2.05) is 39.6 Å². The fraction of sp³-hybridized carbons (Fsp3) is 0.917. The van der Waals surface area contributed by atoms with Gasteiger partial charge in [-0.15, -0.1) is 0 Å². The van der Waals surface area contributed by atoms with Gasteiger partial charge in [0.1, 0.15) is 5.54 Å². The molecule has 4 nitrogen and oxygen atoms in total. The van der Waals surface area contributed by atoms with Crippen molar-refractivity contribution in [3.05, 3.63) is 0 Å². The highest BCUT2D eigenvalue weighted by Gasteiger charge is 2.43. The van der Waals surface area contributed by atoms with Crippen LogP contribution in [0.1, 0.15) is 41.0 Å². The van der Waals surface area contributed by atoms with Crippen molar-refractivity contribution >= 4 is 5.97 Å². The lowest BCUT2D eigenvalue weighted by molar-refractivity contribution is -0.156. The normalized spacial score (nSPS) is 16.6. The predicted octanol–water partition coefficient (Wildman–Crippen LogP) is 1.98. The molecule has 1 atom stereocenters. The molecule has 1 unspecified atom stereocenters. The van der Waals surface area contributed by atoms with Gasteiger partial charge in [-0.1, -0.05) is 0 Å². The van der Waals surface area contributed by atoms with Gasteiger partial charge < -0.3 is 9.84 Å². The van der Waals surface area contributed by atoms with Gasteiger partial charge in [0.25, 0.3) is 0 Å². The molecule has 0 bridgehead atoms. The molecule has 0 rings (SSSR count). The van der Waals surface area contributed by atoms with Crippen molar-refractivity contribution in [2.75, 3.05) is 14.2 Å². The number of rotatable bonds is 6. The highest BCUT2D eigenvalue weighted by Crippen LogP contribution is 2.29. The lowest BCUT2D eigenvalue weighted by Crippen LogP contribution is -2.56. The second kappa shape index (κ2) is 5.15. The molecule has 0 aromatic heterocycles. The van der Waals surface area contributed by atoms with E-state index in [9.17, 15) is 9.90 Å². The molecule has 0 saturated carbocycles. The summed E-state index contributed by atoms with van der Waals surface area (Å²) in [6.07, 6.45) is 0.445. The van der Waals surface area contributed by atoms with E-state index in [1.165, 1.54) is 0 Å². The van der Waals surface area contributed by atoms with Crippen LogP contribution in [-0.2, 0) is 9.53 Å². The Morgan fingerprint density at radius 2 is 1.81 bits per heavy atom. The van der Waals surface area contributed by atoms with Crippen molar-refractivity contribution in [2.24, 2.45) is 0 Å². The van der Waals surface area contributed by atoms with Gasteiger partial charge in [0, 0.05) is 19.6 Å². The van der Waals surface area contributed by atoms with Gasteiger partial charge >= 0.3 is 5.97 Å². The molecule has 0 spiro atoms. The van der Waals surface area contributed by atoms with E-state index in [0.29, 0.717) is 6.42 Å². The van der Waals surface area contributed by atoms with E-state index in [2.05, 4.69) is 0 Å². The zero-order valence-electron chi connectivity index (χ0n) is 11.5. The van der Waals surface area contributed by atoms with Crippen LogP contribution in [0, 0.1) is 0 Å². The third kappa shape index (κ3) is 3.46. The topological polar surface area (TPSA) is 49.8 Å². The Labute approximate surface area is 98.6 Å². The minimum atomic E-state index is -0.909. The van der Waals surface area contributed by atoms with Gasteiger partial charge in [-0.05, 0) is 41.7 Å². The summed E-state index contributed by atoms with van der Waals surface area (Å²) in [4.78, 5) is 13.3. The third-order valence-corrected chi connectivity index (χ3v) is 3.34. The average Bonchev–Trinajstić information content (AvgIpc) is 2.15. The van der Waals surface area contributed by atoms with Crippen molar-refractivity contribution in [1.29, 1.82) is 0 Å². The van der Waals surface area contributed by atoms with Crippen LogP contribution in [0.25, 0.3) is 0 Å². The molecule has 1 N–H and O–H groups in total. The summed E-state index contributed by atoms with van der Waals surface area (Å²) < 4.78 is 5.32. The van der Waals surface area contributed by atoms with E-state index in [-0.39, 0.29) is 6.04 Å². The molecule has 0 aromatic rings. The van der Waals surface area contributed by atoms with Gasteiger partial charge in [0.05, 0.1) is 5.60 Å². The largest absolute Gasteiger partial charge is 0.480 e. The first-order valence-electron chi connectivity index (χ1n) is 5.58. The summed E-state index contributed by atoms with van der Waals surface area (Å²) in [5.74, 6) is -0.811. The highest BCUT2D eigenvalue weighted by atomic mass is 16.5. The molecule has 0 amide bonds. The summed E-state index contributed by atoms with van der Waals surface area (Å²) in [7, 11) is 3.45. The summed E-state index contributed by atoms with van der Waals surface area (Å²) in [5.41, 5.74) is -1.36. The van der Waals surface area contributed by atoms with Crippen LogP contribution in [0.15, 0.2) is 0 Å². The Morgan fingerprint density at radius 1 is 1.38 bits per heavy atom. The van der Waals surface area contributed by atoms with Gasteiger partial charge in [0.15, 0.2) is 0 Å². The number of hydrogen-bond donors (Lipinski definition) is 1. The zero-order chi connectivity index (χ0) is 13.1. The molecular formula is C12H25NO3. The first-order chi connectivity index (χ1) is 7.07. The molecule has 0 saturated heterocycles. The maximum absolute atomic E-state index is 11.5. The van der Waals surface area contributed by atoms with Crippen molar-refractivity contribution < 1.29 is 14.6 Å². The van der Waals surface area contributed by atoms with E-state index in [0.717, 1.165) is 0 Å². The number of carboxylic acids is 1. The fourth-order valence-corrected chi connectivity index (χ4v) is 1.82. The van der Waals surface area contributed by atoms with E-state index < -0.39 is 17.1 Å². The quantitative estimate of drug-likeness (QED) is 0.759. The first-order valence-corrected chi connectivity index (χ1v) is 5.58. The first kappa shape index (κ1) is 15.4. The van der Waals surface area contributed by atoms with Crippen LogP contribution in [-0.4, -0.2) is 47.3 Å². The van der Waals surface area contributed by atoms with E-state index >= 15 is 0 Å². The number of methoxy groups -OCH3 is 1. The number of hydrogen-bond acceptors (Lipinski definition) is 3. The van der Waals surface area contributed by atoms with Crippen LogP contribution < -0.4 is 0 Å². The second-order valence-electron chi connectivity index (χ2n) is 5.42. The minimum Gasteiger partial charge on any atom is -0.480 e. The Kier molecular flexibility index (Phi) is 4.95. The maximum atomic E-state index is 11.5. The van der Waals surface area contributed by atoms with Crippen molar-refractivity contribution in [3.63, 3.8) is 0 Å². The number of nitrogens with zero attached hydrogens (tertiary/aromatic N) is 1. The minimum absolute atomic E-state index is 0.175. The molecule has 0 fully saturated rings. The third-order valence-electron chi connectivity index (χ3n) is 3.34. The molecule has 0 aliphatic carbocycles. The van der Waals surface area contributed by atoms with Crippen LogP contribution in [0.2, 0.25) is 0 Å². The molecule has 0 radical (unpaired) electrons. The standard InChI is InChI=1S/C12H25NO3/c1-9(2)13(6)12(5,10(14)15)8-11(3,4)16-7/h9H,8H2,1-7H3,(H,14,15). The summed E-state index contributed by atoms with van der Waals surface area (Å²) >= 11 is 0. The van der Waals surface area contributed by atoms with Crippen LogP contribution in [0.3, 0.4) is 0 Å². The lowest BCUT2D eigenvalue weighted by Gasteiger charge is -2.42. The molecule has 0 aliphatic heterocycles. The Hall–Kier alpha value is -0.610. The number of likely N-dealkylation sites (N-methyl/N-ethyl adjacent to an activating group) is 1. The van der Waals surface area contributed by atoms with Crippen LogP contribution >= 0.6 is 0 Å².